The van der Waals surface area contributed by atoms with Gasteiger partial charge in [0, 0.05) is 23.0 Å². The Kier molecular flexibility index (Phi) is 3.31. The number of halogens is 3. The van der Waals surface area contributed by atoms with Gasteiger partial charge in [-0.15, -0.1) is 0 Å². The molecular weight excluding hydrogens is 336 g/mol. The first kappa shape index (κ1) is 15.1. The molecule has 7 heteroatoms. The van der Waals surface area contributed by atoms with Gasteiger partial charge in [0.2, 0.25) is 0 Å². The first-order valence-corrected chi connectivity index (χ1v) is 7.77. The van der Waals surface area contributed by atoms with Crippen LogP contribution in [-0.2, 0) is 0 Å². The average molecular weight is 348 g/mol. The fraction of sp³-hybridized carbons (Fsp3) is 0.176. The van der Waals surface area contributed by atoms with Gasteiger partial charge in [0.25, 0.3) is 5.56 Å². The summed E-state index contributed by atoms with van der Waals surface area (Å²) in [4.78, 5) is 12.0. The van der Waals surface area contributed by atoms with Gasteiger partial charge in [0.05, 0.1) is 16.1 Å². The van der Waals surface area contributed by atoms with Crippen LogP contribution in [0.3, 0.4) is 0 Å². The first-order valence-electron chi connectivity index (χ1n) is 7.39. The summed E-state index contributed by atoms with van der Waals surface area (Å²) in [6.07, 6.45) is 0. The summed E-state index contributed by atoms with van der Waals surface area (Å²) in [5, 5.41) is 10.6. The zero-order valence-electron chi connectivity index (χ0n) is 12.5. The number of H-pyrrole nitrogens is 1. The first-order chi connectivity index (χ1) is 11.5. The van der Waals surface area contributed by atoms with E-state index in [4.69, 9.17) is 11.6 Å². The Morgan fingerprint density at radius 3 is 2.75 bits per heavy atom. The highest BCUT2D eigenvalue weighted by Gasteiger charge is 2.32. The molecule has 0 bridgehead atoms. The molecule has 0 spiro atoms. The van der Waals surface area contributed by atoms with E-state index in [-0.39, 0.29) is 22.4 Å². The van der Waals surface area contributed by atoms with E-state index in [0.717, 1.165) is 0 Å². The number of anilines is 1. The van der Waals surface area contributed by atoms with Crippen LogP contribution in [0.25, 0.3) is 10.8 Å². The number of aromatic amines is 1. The maximum atomic E-state index is 13.9. The molecule has 0 radical (unpaired) electrons. The average Bonchev–Trinajstić information content (AvgIpc) is 2.53. The van der Waals surface area contributed by atoms with Gasteiger partial charge in [-0.2, -0.15) is 5.10 Å². The molecule has 0 saturated carbocycles. The molecular formula is C17H12ClF2N3O. The summed E-state index contributed by atoms with van der Waals surface area (Å²) in [5.41, 5.74) is 1.30. The van der Waals surface area contributed by atoms with Crippen molar-refractivity contribution >= 4 is 28.1 Å². The van der Waals surface area contributed by atoms with Crippen molar-refractivity contribution < 1.29 is 8.78 Å². The molecule has 4 nitrogen and oxygen atoms in total. The number of rotatable bonds is 1. The molecule has 3 aromatic rings. The van der Waals surface area contributed by atoms with Crippen LogP contribution < -0.4 is 10.9 Å². The standard InChI is InChI=1S/C17H12ClF2N3O/c1-7-14(8-2-3-11(18)12(20)4-8)16-15-10(17(24)23-22-16)5-9(19)6-13(15)21-7/h2-7,14,21H,1H3,(H,23,24). The largest absolute Gasteiger partial charge is 0.381 e. The lowest BCUT2D eigenvalue weighted by molar-refractivity contribution is 0.608. The highest BCUT2D eigenvalue weighted by molar-refractivity contribution is 6.30. The van der Waals surface area contributed by atoms with Crippen molar-refractivity contribution in [2.75, 3.05) is 5.32 Å². The molecule has 2 heterocycles. The minimum Gasteiger partial charge on any atom is -0.381 e. The van der Waals surface area contributed by atoms with Crippen molar-refractivity contribution in [3.8, 4) is 0 Å². The highest BCUT2D eigenvalue weighted by Crippen LogP contribution is 2.40. The van der Waals surface area contributed by atoms with Crippen molar-refractivity contribution in [2.24, 2.45) is 0 Å². The lowest BCUT2D eigenvalue weighted by Crippen LogP contribution is -2.31. The molecule has 0 fully saturated rings. The lowest BCUT2D eigenvalue weighted by atomic mass is 9.83. The van der Waals surface area contributed by atoms with Crippen molar-refractivity contribution in [1.82, 2.24) is 10.2 Å². The molecule has 0 aliphatic carbocycles. The van der Waals surface area contributed by atoms with Crippen molar-refractivity contribution in [2.45, 2.75) is 18.9 Å². The summed E-state index contributed by atoms with van der Waals surface area (Å²) >= 11 is 5.76. The third kappa shape index (κ3) is 2.17. The third-order valence-corrected chi connectivity index (χ3v) is 4.67. The van der Waals surface area contributed by atoms with E-state index in [1.54, 1.807) is 6.07 Å². The fourth-order valence-corrected chi connectivity index (χ4v) is 3.46. The van der Waals surface area contributed by atoms with Crippen LogP contribution in [0.4, 0.5) is 14.5 Å². The zero-order chi connectivity index (χ0) is 17.0. The predicted molar refractivity (Wildman–Crippen MR) is 88.7 cm³/mol. The van der Waals surface area contributed by atoms with Crippen LogP contribution in [0, 0.1) is 11.6 Å². The smallest absolute Gasteiger partial charge is 0.272 e. The van der Waals surface area contributed by atoms with E-state index in [1.807, 2.05) is 6.92 Å². The second kappa shape index (κ2) is 5.27. The fourth-order valence-electron chi connectivity index (χ4n) is 3.35. The Morgan fingerprint density at radius 2 is 2.00 bits per heavy atom. The summed E-state index contributed by atoms with van der Waals surface area (Å²) in [5.74, 6) is -1.34. The number of nitrogens with one attached hydrogen (secondary N) is 2. The Hall–Kier alpha value is -2.47. The van der Waals surface area contributed by atoms with Crippen LogP contribution in [0.5, 0.6) is 0 Å². The van der Waals surface area contributed by atoms with Crippen LogP contribution >= 0.6 is 11.6 Å². The Bertz CT molecular complexity index is 1030. The van der Waals surface area contributed by atoms with E-state index >= 15 is 0 Å². The lowest BCUT2D eigenvalue weighted by Gasteiger charge is -2.32. The monoisotopic (exact) mass is 347 g/mol. The topological polar surface area (TPSA) is 57.8 Å². The quantitative estimate of drug-likeness (QED) is 0.704. The summed E-state index contributed by atoms with van der Waals surface area (Å²) in [6, 6.07) is 6.91. The number of nitrogens with zero attached hydrogens (tertiary/aromatic N) is 1. The van der Waals surface area contributed by atoms with Gasteiger partial charge in [0.15, 0.2) is 0 Å². The second-order valence-electron chi connectivity index (χ2n) is 5.90. The second-order valence-corrected chi connectivity index (χ2v) is 6.31. The van der Waals surface area contributed by atoms with Gasteiger partial charge < -0.3 is 5.32 Å². The molecule has 2 atom stereocenters. The van der Waals surface area contributed by atoms with Crippen LogP contribution in [0.15, 0.2) is 35.1 Å². The molecule has 0 saturated heterocycles. The Labute approximate surface area is 140 Å². The van der Waals surface area contributed by atoms with E-state index in [9.17, 15) is 13.6 Å². The van der Waals surface area contributed by atoms with E-state index < -0.39 is 17.2 Å². The molecule has 1 aliphatic rings. The van der Waals surface area contributed by atoms with Crippen LogP contribution in [0.1, 0.15) is 24.1 Å². The van der Waals surface area contributed by atoms with Gasteiger partial charge in [-0.25, -0.2) is 13.9 Å². The minimum absolute atomic E-state index is 0.0391. The van der Waals surface area contributed by atoms with Gasteiger partial charge in [-0.3, -0.25) is 4.79 Å². The molecule has 0 amide bonds. The molecule has 4 rings (SSSR count). The summed E-state index contributed by atoms with van der Waals surface area (Å²) < 4.78 is 27.7. The Morgan fingerprint density at radius 1 is 1.21 bits per heavy atom. The van der Waals surface area contributed by atoms with Crippen molar-refractivity contribution in [1.29, 1.82) is 0 Å². The molecule has 1 aliphatic heterocycles. The van der Waals surface area contributed by atoms with E-state index in [0.29, 0.717) is 22.3 Å². The molecule has 2 unspecified atom stereocenters. The maximum absolute atomic E-state index is 13.9. The van der Waals surface area contributed by atoms with Crippen molar-refractivity contribution in [3.63, 3.8) is 0 Å². The van der Waals surface area contributed by atoms with E-state index in [1.165, 1.54) is 24.3 Å². The molecule has 122 valence electrons. The summed E-state index contributed by atoms with van der Waals surface area (Å²) in [7, 11) is 0. The van der Waals surface area contributed by atoms with Gasteiger partial charge in [-0.1, -0.05) is 17.7 Å². The predicted octanol–water partition coefficient (Wildman–Crippen LogP) is 3.80. The number of hydrogen-bond donors (Lipinski definition) is 2. The number of hydrogen-bond acceptors (Lipinski definition) is 3. The maximum Gasteiger partial charge on any atom is 0.272 e. The SMILES string of the molecule is CC1Nc2cc(F)cc3c(=O)[nH]nc(c23)C1c1ccc(Cl)c(F)c1. The Balaban J connectivity index is 2.02. The normalized spacial score (nSPS) is 19.3. The van der Waals surface area contributed by atoms with Gasteiger partial charge in [-0.05, 0) is 36.8 Å². The number of benzene rings is 2. The molecule has 2 aromatic carbocycles. The van der Waals surface area contributed by atoms with Crippen LogP contribution in [-0.4, -0.2) is 16.2 Å². The third-order valence-electron chi connectivity index (χ3n) is 4.36. The van der Waals surface area contributed by atoms with Crippen molar-refractivity contribution in [3.05, 3.63) is 68.6 Å². The van der Waals surface area contributed by atoms with Gasteiger partial charge in [0.1, 0.15) is 11.6 Å². The molecule has 1 aromatic heterocycles. The molecule has 2 N–H and O–H groups in total. The molecule has 24 heavy (non-hydrogen) atoms. The number of aromatic nitrogens is 2. The highest BCUT2D eigenvalue weighted by atomic mass is 35.5. The van der Waals surface area contributed by atoms with Gasteiger partial charge >= 0.3 is 0 Å². The van der Waals surface area contributed by atoms with Crippen LogP contribution in [0.2, 0.25) is 5.02 Å². The zero-order valence-corrected chi connectivity index (χ0v) is 13.3. The summed E-state index contributed by atoms with van der Waals surface area (Å²) in [6.45, 7) is 1.89. The van der Waals surface area contributed by atoms with E-state index in [2.05, 4.69) is 15.5 Å². The minimum atomic E-state index is -0.521.